The fourth-order valence-corrected chi connectivity index (χ4v) is 2.45. The molecule has 104 valence electrons. The van der Waals surface area contributed by atoms with Gasteiger partial charge in [-0.05, 0) is 38.9 Å². The molecule has 3 nitrogen and oxygen atoms in total. The van der Waals surface area contributed by atoms with Gasteiger partial charge < -0.3 is 10.1 Å². The van der Waals surface area contributed by atoms with Crippen molar-refractivity contribution in [1.82, 2.24) is 10.2 Å². The lowest BCUT2D eigenvalue weighted by molar-refractivity contribution is -0.0328. The van der Waals surface area contributed by atoms with Crippen LogP contribution in [0.15, 0.2) is 0 Å². The quantitative estimate of drug-likeness (QED) is 0.631. The minimum atomic E-state index is 0. The zero-order valence-electron chi connectivity index (χ0n) is 11.7. The van der Waals surface area contributed by atoms with E-state index in [1.807, 2.05) is 0 Å². The summed E-state index contributed by atoms with van der Waals surface area (Å²) in [6.45, 7) is 11.1. The van der Waals surface area contributed by atoms with Crippen molar-refractivity contribution in [3.05, 3.63) is 0 Å². The third kappa shape index (κ3) is 7.02. The summed E-state index contributed by atoms with van der Waals surface area (Å²) in [5, 5.41) is 3.37. The molecule has 17 heavy (non-hydrogen) atoms. The van der Waals surface area contributed by atoms with Gasteiger partial charge in [0.1, 0.15) is 0 Å². The summed E-state index contributed by atoms with van der Waals surface area (Å²) in [4.78, 5) is 2.55. The number of nitrogens with zero attached hydrogens (tertiary/aromatic N) is 1. The largest absolute Gasteiger partial charge is 0.376 e. The van der Waals surface area contributed by atoms with Crippen LogP contribution in [0.25, 0.3) is 0 Å². The number of unbranched alkanes of at least 4 members (excludes halogenated alkanes) is 2. The van der Waals surface area contributed by atoms with Crippen molar-refractivity contribution in [3.8, 4) is 0 Å². The molecule has 1 aliphatic heterocycles. The Balaban J connectivity index is 0.00000289. The van der Waals surface area contributed by atoms with Crippen LogP contribution in [-0.4, -0.2) is 50.3 Å². The maximum atomic E-state index is 5.82. The molecule has 1 rings (SSSR count). The van der Waals surface area contributed by atoms with Gasteiger partial charge in [-0.2, -0.15) is 0 Å². The molecule has 0 spiro atoms. The predicted molar refractivity (Wildman–Crippen MR) is 75.6 cm³/mol. The van der Waals surface area contributed by atoms with E-state index in [-0.39, 0.29) is 1.43 Å². The topological polar surface area (TPSA) is 24.5 Å². The van der Waals surface area contributed by atoms with E-state index in [9.17, 15) is 0 Å². The minimum absolute atomic E-state index is 0. The SMILES string of the molecule is CCCN1CCO[C@H](CCCCCNCC)C1.[HH]. The highest BCUT2D eigenvalue weighted by Gasteiger charge is 2.18. The molecular formula is C14H32N2O. The highest BCUT2D eigenvalue weighted by molar-refractivity contribution is 4.71. The van der Waals surface area contributed by atoms with Crippen LogP contribution >= 0.6 is 0 Å². The van der Waals surface area contributed by atoms with Gasteiger partial charge >= 0.3 is 0 Å². The lowest BCUT2D eigenvalue weighted by Crippen LogP contribution is -2.42. The number of nitrogens with one attached hydrogen (secondary N) is 1. The van der Waals surface area contributed by atoms with Gasteiger partial charge in [0.15, 0.2) is 0 Å². The van der Waals surface area contributed by atoms with Crippen molar-refractivity contribution in [1.29, 1.82) is 0 Å². The van der Waals surface area contributed by atoms with Crippen LogP contribution in [-0.2, 0) is 4.74 Å². The molecule has 0 aromatic rings. The molecule has 1 fully saturated rings. The molecule has 0 bridgehead atoms. The first-order chi connectivity index (χ1) is 8.36. The number of ether oxygens (including phenoxy) is 1. The van der Waals surface area contributed by atoms with Gasteiger partial charge in [0, 0.05) is 14.5 Å². The molecule has 0 radical (unpaired) electrons. The molecule has 1 heterocycles. The van der Waals surface area contributed by atoms with Gasteiger partial charge in [-0.3, -0.25) is 4.90 Å². The van der Waals surface area contributed by atoms with Crippen LogP contribution in [0.1, 0.15) is 47.4 Å². The summed E-state index contributed by atoms with van der Waals surface area (Å²) in [5.74, 6) is 0. The number of hydrogen-bond acceptors (Lipinski definition) is 3. The lowest BCUT2D eigenvalue weighted by atomic mass is 10.1. The molecule has 1 saturated heterocycles. The second kappa shape index (κ2) is 9.86. The normalized spacial score (nSPS) is 21.9. The number of hydrogen-bond donors (Lipinski definition) is 1. The molecule has 1 N–H and O–H groups in total. The summed E-state index contributed by atoms with van der Waals surface area (Å²) in [6, 6.07) is 0. The molecule has 0 saturated carbocycles. The van der Waals surface area contributed by atoms with Crippen molar-refractivity contribution < 1.29 is 6.16 Å². The summed E-state index contributed by atoms with van der Waals surface area (Å²) in [7, 11) is 0. The lowest BCUT2D eigenvalue weighted by Gasteiger charge is -2.32. The molecule has 0 aliphatic carbocycles. The van der Waals surface area contributed by atoms with Gasteiger partial charge in [-0.1, -0.05) is 26.7 Å². The first-order valence-corrected chi connectivity index (χ1v) is 7.41. The van der Waals surface area contributed by atoms with E-state index >= 15 is 0 Å². The average molecular weight is 244 g/mol. The molecule has 0 aromatic carbocycles. The van der Waals surface area contributed by atoms with Crippen molar-refractivity contribution >= 4 is 0 Å². The first-order valence-electron chi connectivity index (χ1n) is 7.41. The third-order valence-corrected chi connectivity index (χ3v) is 3.39. The maximum absolute atomic E-state index is 5.82. The van der Waals surface area contributed by atoms with Gasteiger partial charge in [-0.15, -0.1) is 0 Å². The van der Waals surface area contributed by atoms with Crippen molar-refractivity contribution in [2.24, 2.45) is 0 Å². The Morgan fingerprint density at radius 2 is 2.18 bits per heavy atom. The summed E-state index contributed by atoms with van der Waals surface area (Å²) < 4.78 is 5.82. The Hall–Kier alpha value is -0.120. The molecule has 1 atom stereocenters. The van der Waals surface area contributed by atoms with Crippen LogP contribution in [0, 0.1) is 0 Å². The standard InChI is InChI=1S/C14H30N2O.H2/c1-3-10-16-11-12-17-14(13-16)8-6-5-7-9-15-4-2;/h14-15H,3-13H2,1-2H3;1H/t14-;/m1./s1. The molecule has 0 unspecified atom stereocenters. The van der Waals surface area contributed by atoms with E-state index in [1.165, 1.54) is 45.2 Å². The van der Waals surface area contributed by atoms with Gasteiger partial charge in [0.2, 0.25) is 0 Å². The van der Waals surface area contributed by atoms with E-state index in [1.54, 1.807) is 0 Å². The summed E-state index contributed by atoms with van der Waals surface area (Å²) in [5.41, 5.74) is 0. The van der Waals surface area contributed by atoms with E-state index < -0.39 is 0 Å². The second-order valence-electron chi connectivity index (χ2n) is 5.00. The zero-order chi connectivity index (χ0) is 12.3. The van der Waals surface area contributed by atoms with Gasteiger partial charge in [0.25, 0.3) is 0 Å². The number of morpholine rings is 1. The van der Waals surface area contributed by atoms with E-state index in [0.717, 1.165) is 26.2 Å². The van der Waals surface area contributed by atoms with Gasteiger partial charge in [-0.25, -0.2) is 0 Å². The highest BCUT2D eigenvalue weighted by atomic mass is 16.5. The molecular weight excluding hydrogens is 212 g/mol. The number of rotatable bonds is 9. The Kier molecular flexibility index (Phi) is 8.67. The van der Waals surface area contributed by atoms with Crippen LogP contribution in [0.2, 0.25) is 0 Å². The van der Waals surface area contributed by atoms with E-state index in [0.29, 0.717) is 6.10 Å². The van der Waals surface area contributed by atoms with Crippen LogP contribution < -0.4 is 5.32 Å². The summed E-state index contributed by atoms with van der Waals surface area (Å²) in [6.07, 6.45) is 6.95. The van der Waals surface area contributed by atoms with Crippen LogP contribution in [0.4, 0.5) is 0 Å². The van der Waals surface area contributed by atoms with Crippen LogP contribution in [0.3, 0.4) is 0 Å². The Morgan fingerprint density at radius 1 is 1.29 bits per heavy atom. The molecule has 3 heteroatoms. The highest BCUT2D eigenvalue weighted by Crippen LogP contribution is 2.12. The molecule has 0 aromatic heterocycles. The monoisotopic (exact) mass is 244 g/mol. The van der Waals surface area contributed by atoms with E-state index in [2.05, 4.69) is 24.1 Å². The Bertz CT molecular complexity index is 179. The fourth-order valence-electron chi connectivity index (χ4n) is 2.45. The van der Waals surface area contributed by atoms with Crippen molar-refractivity contribution in [3.63, 3.8) is 0 Å². The second-order valence-corrected chi connectivity index (χ2v) is 5.00. The minimum Gasteiger partial charge on any atom is -0.376 e. The third-order valence-electron chi connectivity index (χ3n) is 3.39. The van der Waals surface area contributed by atoms with Crippen LogP contribution in [0.5, 0.6) is 0 Å². The van der Waals surface area contributed by atoms with Crippen molar-refractivity contribution in [2.45, 2.75) is 52.1 Å². The van der Waals surface area contributed by atoms with Crippen molar-refractivity contribution in [2.75, 3.05) is 39.3 Å². The zero-order valence-corrected chi connectivity index (χ0v) is 11.7. The Labute approximate surface area is 108 Å². The average Bonchev–Trinajstić information content (AvgIpc) is 2.35. The van der Waals surface area contributed by atoms with E-state index in [4.69, 9.17) is 4.74 Å². The predicted octanol–water partition coefficient (Wildman–Crippen LogP) is 2.51. The Morgan fingerprint density at radius 3 is 2.94 bits per heavy atom. The van der Waals surface area contributed by atoms with Gasteiger partial charge in [0.05, 0.1) is 12.7 Å². The smallest absolute Gasteiger partial charge is 0.0702 e. The molecule has 0 amide bonds. The maximum Gasteiger partial charge on any atom is 0.0702 e. The summed E-state index contributed by atoms with van der Waals surface area (Å²) >= 11 is 0. The molecule has 1 aliphatic rings. The fraction of sp³-hybridized carbons (Fsp3) is 1.00. The first kappa shape index (κ1) is 14.9.